The Bertz CT molecular complexity index is 1290. The minimum atomic E-state index is -4.80. The molecule has 4 aromatic rings. The molecule has 0 aliphatic carbocycles. The average Bonchev–Trinajstić information content (AvgIpc) is 3.24. The molecule has 2 heterocycles. The number of nitrogens with one attached hydrogen (secondary N) is 2. The van der Waals surface area contributed by atoms with Crippen molar-refractivity contribution in [1.82, 2.24) is 20.5 Å². The van der Waals surface area contributed by atoms with E-state index in [0.717, 1.165) is 48.0 Å². The number of hydrogen-bond acceptors (Lipinski definition) is 3. The number of carbonyl (C=O) groups excluding carboxylic acids is 1. The van der Waals surface area contributed by atoms with E-state index in [2.05, 4.69) is 20.5 Å². The summed E-state index contributed by atoms with van der Waals surface area (Å²) in [6.45, 7) is 0. The molecule has 33 heavy (non-hydrogen) atoms. The lowest BCUT2D eigenvalue weighted by Crippen LogP contribution is -2.31. The van der Waals surface area contributed by atoms with E-state index in [1.807, 2.05) is 0 Å². The highest BCUT2D eigenvalue weighted by Crippen LogP contribution is 2.36. The first-order chi connectivity index (χ1) is 15.5. The van der Waals surface area contributed by atoms with Crippen LogP contribution in [0, 0.1) is 0 Å². The van der Waals surface area contributed by atoms with Crippen molar-refractivity contribution in [2.75, 3.05) is 0 Å². The van der Waals surface area contributed by atoms with Crippen molar-refractivity contribution >= 4 is 16.8 Å². The topological polar surface area (TPSA) is 70.7 Å². The van der Waals surface area contributed by atoms with Crippen molar-refractivity contribution in [3.05, 3.63) is 94.9 Å². The van der Waals surface area contributed by atoms with E-state index in [0.29, 0.717) is 5.52 Å². The quantitative estimate of drug-likeness (QED) is 0.391. The van der Waals surface area contributed by atoms with Crippen LogP contribution in [0.5, 0.6) is 0 Å². The molecule has 2 aromatic carbocycles. The third-order valence-electron chi connectivity index (χ3n) is 4.97. The Morgan fingerprint density at radius 2 is 1.67 bits per heavy atom. The zero-order valence-electron chi connectivity index (χ0n) is 16.5. The van der Waals surface area contributed by atoms with Crippen LogP contribution >= 0.6 is 0 Å². The van der Waals surface area contributed by atoms with Crippen LogP contribution in [-0.4, -0.2) is 21.1 Å². The third kappa shape index (κ3) is 4.66. The Kier molecular flexibility index (Phi) is 5.56. The number of nitrogens with zero attached hydrogens (tertiary/aromatic N) is 2. The summed E-state index contributed by atoms with van der Waals surface area (Å²) in [4.78, 5) is 16.7. The number of pyridine rings is 1. The van der Waals surface area contributed by atoms with Crippen LogP contribution in [0.25, 0.3) is 10.9 Å². The molecule has 0 fully saturated rings. The van der Waals surface area contributed by atoms with Gasteiger partial charge in [0.05, 0.1) is 34.6 Å². The Morgan fingerprint density at radius 3 is 2.33 bits per heavy atom. The lowest BCUT2D eigenvalue weighted by molar-refractivity contribution is -0.139. The highest BCUT2D eigenvalue weighted by Gasteiger charge is 2.37. The number of benzene rings is 2. The molecule has 0 aliphatic rings. The minimum Gasteiger partial charge on any atom is -0.340 e. The predicted molar refractivity (Wildman–Crippen MR) is 106 cm³/mol. The van der Waals surface area contributed by atoms with Crippen LogP contribution in [-0.2, 0) is 12.4 Å². The number of hydrogen-bond donors (Lipinski definition) is 2. The van der Waals surface area contributed by atoms with E-state index in [4.69, 9.17) is 0 Å². The summed E-state index contributed by atoms with van der Waals surface area (Å²) in [6, 6.07) is 8.44. The van der Waals surface area contributed by atoms with E-state index in [-0.39, 0.29) is 11.1 Å². The summed E-state index contributed by atoms with van der Waals surface area (Å²) in [6.07, 6.45) is -6.78. The fourth-order valence-corrected chi connectivity index (χ4v) is 3.35. The molecule has 0 spiro atoms. The molecule has 0 bridgehead atoms. The van der Waals surface area contributed by atoms with Crippen LogP contribution < -0.4 is 5.32 Å². The van der Waals surface area contributed by atoms with Crippen molar-refractivity contribution < 1.29 is 31.1 Å². The molecule has 1 atom stereocenters. The number of rotatable bonds is 4. The van der Waals surface area contributed by atoms with Gasteiger partial charge in [-0.15, -0.1) is 0 Å². The van der Waals surface area contributed by atoms with Gasteiger partial charge in [-0.05, 0) is 42.0 Å². The molecule has 2 N–H and O–H groups in total. The summed E-state index contributed by atoms with van der Waals surface area (Å²) in [5, 5.41) is 9.72. The lowest BCUT2D eigenvalue weighted by atomic mass is 9.97. The van der Waals surface area contributed by atoms with Crippen LogP contribution in [0.4, 0.5) is 26.3 Å². The zero-order chi connectivity index (χ0) is 23.8. The zero-order valence-corrected chi connectivity index (χ0v) is 16.5. The number of carbonyl (C=O) groups is 1. The van der Waals surface area contributed by atoms with E-state index in [1.54, 1.807) is 6.07 Å². The highest BCUT2D eigenvalue weighted by molar-refractivity contribution is 5.98. The summed E-state index contributed by atoms with van der Waals surface area (Å²) >= 11 is 0. The molecule has 0 unspecified atom stereocenters. The second-order valence-electron chi connectivity index (χ2n) is 7.13. The standard InChI is InChI=1S/C22H14F6N4O/c23-21(24,25)15-7-5-12(6-8-15)18(19-16(22(26,27)28)2-1-9-29-19)31-20(33)13-3-4-14-11-30-32-17(14)10-13/h1-11,18H,(H,30,32)(H,31,33)/t18-/m0/s1. The SMILES string of the molecule is O=C(N[C@@H](c1ccc(C(F)(F)F)cc1)c1ncccc1C(F)(F)F)c1ccc2cn[nH]c2c1. The highest BCUT2D eigenvalue weighted by atomic mass is 19.4. The summed E-state index contributed by atoms with van der Waals surface area (Å²) < 4.78 is 79.8. The maximum Gasteiger partial charge on any atom is 0.418 e. The smallest absolute Gasteiger partial charge is 0.340 e. The third-order valence-corrected chi connectivity index (χ3v) is 4.97. The molecule has 0 saturated carbocycles. The first-order valence-electron chi connectivity index (χ1n) is 9.47. The fraction of sp³-hybridized carbons (Fsp3) is 0.136. The van der Waals surface area contributed by atoms with E-state index in [9.17, 15) is 31.1 Å². The van der Waals surface area contributed by atoms with Gasteiger partial charge in [-0.2, -0.15) is 31.4 Å². The van der Waals surface area contributed by atoms with Gasteiger partial charge in [-0.25, -0.2) is 0 Å². The molecule has 4 rings (SSSR count). The largest absolute Gasteiger partial charge is 0.418 e. The number of fused-ring (bicyclic) bond motifs is 1. The van der Waals surface area contributed by atoms with Crippen LogP contribution in [0.15, 0.2) is 67.0 Å². The van der Waals surface area contributed by atoms with Gasteiger partial charge in [-0.3, -0.25) is 14.9 Å². The molecule has 0 aliphatic heterocycles. The number of alkyl halides is 6. The van der Waals surface area contributed by atoms with Crippen LogP contribution in [0.3, 0.4) is 0 Å². The molecule has 170 valence electrons. The molecule has 5 nitrogen and oxygen atoms in total. The second kappa shape index (κ2) is 8.23. The van der Waals surface area contributed by atoms with Gasteiger partial charge in [0.25, 0.3) is 5.91 Å². The molecule has 0 saturated heterocycles. The molecule has 11 heteroatoms. The van der Waals surface area contributed by atoms with E-state index in [1.165, 1.54) is 18.3 Å². The van der Waals surface area contributed by atoms with Crippen molar-refractivity contribution in [3.63, 3.8) is 0 Å². The maximum atomic E-state index is 13.6. The second-order valence-corrected chi connectivity index (χ2v) is 7.13. The molecule has 2 aromatic heterocycles. The fourth-order valence-electron chi connectivity index (χ4n) is 3.35. The number of aromatic nitrogens is 3. The monoisotopic (exact) mass is 464 g/mol. The summed E-state index contributed by atoms with van der Waals surface area (Å²) in [5.74, 6) is -0.741. The Hall–Kier alpha value is -3.89. The van der Waals surface area contributed by atoms with Crippen molar-refractivity contribution in [2.24, 2.45) is 0 Å². The first kappa shape index (κ1) is 22.3. The van der Waals surface area contributed by atoms with Gasteiger partial charge >= 0.3 is 12.4 Å². The van der Waals surface area contributed by atoms with Gasteiger partial charge < -0.3 is 5.32 Å². The van der Waals surface area contributed by atoms with Crippen LogP contribution in [0.2, 0.25) is 0 Å². The predicted octanol–water partition coefficient (Wildman–Crippen LogP) is 5.51. The molecular formula is C22H14F6N4O. The lowest BCUT2D eigenvalue weighted by Gasteiger charge is -2.23. The number of halogens is 6. The number of H-pyrrole nitrogens is 1. The minimum absolute atomic E-state index is 0.00293. The maximum absolute atomic E-state index is 13.6. The normalized spacial score (nSPS) is 13.2. The molecule has 0 radical (unpaired) electrons. The van der Waals surface area contributed by atoms with Gasteiger partial charge in [0.15, 0.2) is 0 Å². The van der Waals surface area contributed by atoms with Crippen molar-refractivity contribution in [2.45, 2.75) is 18.4 Å². The van der Waals surface area contributed by atoms with E-state index >= 15 is 0 Å². The Balaban J connectivity index is 1.77. The average molecular weight is 464 g/mol. The first-order valence-corrected chi connectivity index (χ1v) is 9.47. The molecule has 1 amide bonds. The molecular weight excluding hydrogens is 450 g/mol. The van der Waals surface area contributed by atoms with Crippen LogP contribution in [0.1, 0.15) is 38.8 Å². The van der Waals surface area contributed by atoms with E-state index < -0.39 is 41.1 Å². The van der Waals surface area contributed by atoms with Crippen molar-refractivity contribution in [3.8, 4) is 0 Å². The Morgan fingerprint density at radius 1 is 0.939 bits per heavy atom. The summed E-state index contributed by atoms with van der Waals surface area (Å²) in [5.41, 5.74) is -1.98. The van der Waals surface area contributed by atoms with Gasteiger partial charge in [-0.1, -0.05) is 18.2 Å². The van der Waals surface area contributed by atoms with Gasteiger partial charge in [0.1, 0.15) is 0 Å². The van der Waals surface area contributed by atoms with Gasteiger partial charge in [0.2, 0.25) is 0 Å². The summed E-state index contributed by atoms with van der Waals surface area (Å²) in [7, 11) is 0. The van der Waals surface area contributed by atoms with Gasteiger partial charge in [0, 0.05) is 17.1 Å². The van der Waals surface area contributed by atoms with Crippen molar-refractivity contribution in [1.29, 1.82) is 0 Å². The Labute approximate surface area is 182 Å². The number of aromatic amines is 1. The number of amides is 1.